The molecule has 0 unspecified atom stereocenters. The lowest BCUT2D eigenvalue weighted by Gasteiger charge is -2.51. The van der Waals surface area contributed by atoms with Crippen molar-refractivity contribution in [2.75, 3.05) is 26.4 Å². The van der Waals surface area contributed by atoms with Gasteiger partial charge >= 0.3 is 41.8 Å². The van der Waals surface area contributed by atoms with E-state index >= 15 is 19.2 Å². The third-order valence-corrected chi connectivity index (χ3v) is 18.7. The molecule has 3 fully saturated rings. The SMILES string of the molecule is C#CCO[C@H]1O[C@H](COCc2ccccc2)[C@@H](O[C@@H]2O[C@H](COC(=O)c3ccccc3)[C@@H](O[C@@H]3O[C@H](COC(=O)c4ccccc4)[C@H](OC(=O)c4ccccc4)[C@H](OC(=O)c4ccccc4)[C@H]3OC(=O)c3ccccc3)[C@H](OC(=O)c3ccccc3)[C@H]2OC(=O)c2ccccc2)[C@H](OCc2ccccc2)[C@H]1OCc1ccccc1. The maximum absolute atomic E-state index is 15.5. The number of rotatable bonds is 32. The summed E-state index contributed by atoms with van der Waals surface area (Å²) in [5.41, 5.74) is 2.31. The summed E-state index contributed by atoms with van der Waals surface area (Å²) in [6, 6.07) is 82.4. The number of carbonyl (C=O) groups excluding carboxylic acids is 7. The van der Waals surface area contributed by atoms with Crippen molar-refractivity contribution in [3.8, 4) is 12.3 Å². The molecule has 3 aliphatic rings. The summed E-state index contributed by atoms with van der Waals surface area (Å²) in [4.78, 5) is 105. The van der Waals surface area contributed by atoms with Crippen LogP contribution in [0.5, 0.6) is 0 Å². The van der Waals surface area contributed by atoms with Gasteiger partial charge in [0.25, 0.3) is 0 Å². The number of ether oxygens (including phenoxy) is 16. The van der Waals surface area contributed by atoms with Crippen molar-refractivity contribution in [1.82, 2.24) is 0 Å². The molecular weight excluding hydrogens is 1460 g/mol. The van der Waals surface area contributed by atoms with E-state index in [2.05, 4.69) is 5.92 Å². The molecule has 0 amide bonds. The number of terminal acetylenes is 1. The van der Waals surface area contributed by atoms with Gasteiger partial charge in [-0.05, 0) is 102 Å². The molecule has 0 aliphatic carbocycles. The van der Waals surface area contributed by atoms with Crippen LogP contribution in [0, 0.1) is 12.3 Å². The minimum absolute atomic E-state index is 0.0113. The summed E-state index contributed by atoms with van der Waals surface area (Å²) < 4.78 is 108. The van der Waals surface area contributed by atoms with Crippen LogP contribution in [0.4, 0.5) is 0 Å². The van der Waals surface area contributed by atoms with Crippen molar-refractivity contribution >= 4 is 41.8 Å². The van der Waals surface area contributed by atoms with Crippen LogP contribution in [0.25, 0.3) is 0 Å². The van der Waals surface area contributed by atoms with Crippen molar-refractivity contribution in [3.05, 3.63) is 359 Å². The Kier molecular flexibility index (Phi) is 28.2. The largest absolute Gasteiger partial charge is 0.459 e. The number of benzene rings is 10. The molecule has 10 aromatic rings. The number of esters is 7. The van der Waals surface area contributed by atoms with Gasteiger partial charge < -0.3 is 75.8 Å². The van der Waals surface area contributed by atoms with E-state index in [0.29, 0.717) is 5.56 Å². The molecule has 0 aromatic heterocycles. The second-order valence-electron chi connectivity index (χ2n) is 26.5. The van der Waals surface area contributed by atoms with E-state index in [9.17, 15) is 14.4 Å². The molecule has 0 N–H and O–H groups in total. The lowest BCUT2D eigenvalue weighted by molar-refractivity contribution is -0.381. The molecule has 23 nitrogen and oxygen atoms in total. The summed E-state index contributed by atoms with van der Waals surface area (Å²) in [5.74, 6) is -4.43. The zero-order valence-corrected chi connectivity index (χ0v) is 61.4. The molecule has 114 heavy (non-hydrogen) atoms. The molecule has 15 atom stereocenters. The Morgan fingerprint density at radius 3 is 0.877 bits per heavy atom. The zero-order valence-electron chi connectivity index (χ0n) is 61.4. The molecule has 10 aromatic carbocycles. The molecule has 23 heteroatoms. The van der Waals surface area contributed by atoms with Gasteiger partial charge in [0.05, 0.1) is 65.4 Å². The van der Waals surface area contributed by atoms with Crippen LogP contribution < -0.4 is 0 Å². The van der Waals surface area contributed by atoms with Crippen molar-refractivity contribution in [1.29, 1.82) is 0 Å². The lowest BCUT2D eigenvalue weighted by Crippen LogP contribution is -2.69. The van der Waals surface area contributed by atoms with E-state index in [1.54, 1.807) is 127 Å². The van der Waals surface area contributed by atoms with Gasteiger partial charge in [-0.1, -0.05) is 224 Å². The smallest absolute Gasteiger partial charge is 0.338 e. The predicted octanol–water partition coefficient (Wildman–Crippen LogP) is 12.8. The van der Waals surface area contributed by atoms with E-state index in [4.69, 9.17) is 82.2 Å². The summed E-state index contributed by atoms with van der Waals surface area (Å²) >= 11 is 0. The average molecular weight is 1540 g/mol. The molecule has 0 radical (unpaired) electrons. The summed E-state index contributed by atoms with van der Waals surface area (Å²) in [5, 5.41) is 0. The predicted molar refractivity (Wildman–Crippen MR) is 408 cm³/mol. The van der Waals surface area contributed by atoms with Gasteiger partial charge in [-0.15, -0.1) is 6.42 Å². The maximum atomic E-state index is 15.5. The summed E-state index contributed by atoms with van der Waals surface area (Å²) in [6.07, 6.45) is -20.7. The molecular formula is C91H80O23. The summed E-state index contributed by atoms with van der Waals surface area (Å²) in [7, 11) is 0. The van der Waals surface area contributed by atoms with E-state index in [0.717, 1.165) is 11.1 Å². The van der Waals surface area contributed by atoms with Gasteiger partial charge in [-0.2, -0.15) is 0 Å². The van der Waals surface area contributed by atoms with Crippen LogP contribution in [-0.4, -0.2) is 160 Å². The molecule has 3 heterocycles. The highest BCUT2D eigenvalue weighted by molar-refractivity contribution is 5.93. The van der Waals surface area contributed by atoms with Crippen LogP contribution in [0.15, 0.2) is 303 Å². The Morgan fingerprint density at radius 2 is 0.526 bits per heavy atom. The van der Waals surface area contributed by atoms with E-state index in [-0.39, 0.29) is 72.0 Å². The fourth-order valence-corrected chi connectivity index (χ4v) is 13.0. The Labute approximate surface area is 657 Å². The second-order valence-corrected chi connectivity index (χ2v) is 26.5. The van der Waals surface area contributed by atoms with E-state index in [1.165, 1.54) is 84.9 Å². The highest BCUT2D eigenvalue weighted by Gasteiger charge is 2.60. The standard InChI is InChI=1S/C91H80O23/c1-2-53-100-89-79(102-56-62-37-17-5-18-38-62)76(101-55-61-35-15-4-16-36-61)73(70(105-89)57-99-54-60-33-13-3-14-34-60)113-90-81(112-88(98)69-51-31-12-32-52-69)78(110-86(96)67-47-27-10-28-48-67)75(72(107-90)59-104-83(93)64-41-21-7-22-42-64)114-91-80(111-87(97)68-49-29-11-30-50-68)77(109-85(95)66-45-25-9-26-46-66)74(108-84(94)65-43-23-8-24-44-65)71(106-91)58-103-82(92)63-39-19-6-20-40-63/h1,3-52,70-81,89-91H,53-59H2/t70-,71-,72-,73-,74+,75-,76+,77+,78+,79-,80-,81-,89+,90+,91+/m1/s1. The monoisotopic (exact) mass is 1540 g/mol. The molecule has 3 saturated heterocycles. The van der Waals surface area contributed by atoms with Gasteiger partial charge in [0, 0.05) is 0 Å². The lowest BCUT2D eigenvalue weighted by atomic mass is 9.94. The highest BCUT2D eigenvalue weighted by atomic mass is 16.8. The van der Waals surface area contributed by atoms with E-state index < -0.39 is 147 Å². The Hall–Kier alpha value is -12.3. The van der Waals surface area contributed by atoms with Crippen molar-refractivity contribution in [2.45, 2.75) is 112 Å². The van der Waals surface area contributed by atoms with Crippen LogP contribution >= 0.6 is 0 Å². The minimum Gasteiger partial charge on any atom is -0.459 e. The first kappa shape index (κ1) is 79.8. The topological polar surface area (TPSA) is 267 Å². The first-order valence-electron chi connectivity index (χ1n) is 36.9. The molecule has 13 rings (SSSR count). The van der Waals surface area contributed by atoms with Crippen LogP contribution in [0.2, 0.25) is 0 Å². The van der Waals surface area contributed by atoms with Crippen LogP contribution in [0.1, 0.15) is 89.2 Å². The third-order valence-electron chi connectivity index (χ3n) is 18.7. The first-order chi connectivity index (χ1) is 55.9. The molecule has 0 spiro atoms. The Bertz CT molecular complexity index is 4760. The second kappa shape index (κ2) is 40.2. The van der Waals surface area contributed by atoms with Gasteiger partial charge in [-0.3, -0.25) is 0 Å². The van der Waals surface area contributed by atoms with E-state index in [1.807, 2.05) is 91.0 Å². The minimum atomic E-state index is -2.20. The van der Waals surface area contributed by atoms with Gasteiger partial charge in [0.15, 0.2) is 49.4 Å². The Morgan fingerprint density at radius 1 is 0.263 bits per heavy atom. The Balaban J connectivity index is 0.994. The third kappa shape index (κ3) is 21.3. The molecule has 3 aliphatic heterocycles. The number of carbonyl (C=O) groups is 7. The van der Waals surface area contributed by atoms with Gasteiger partial charge in [0.2, 0.25) is 0 Å². The van der Waals surface area contributed by atoms with Crippen LogP contribution in [-0.2, 0) is 95.6 Å². The number of hydrogen-bond acceptors (Lipinski definition) is 23. The first-order valence-corrected chi connectivity index (χ1v) is 36.9. The van der Waals surface area contributed by atoms with Crippen LogP contribution in [0.3, 0.4) is 0 Å². The van der Waals surface area contributed by atoms with Crippen molar-refractivity contribution < 1.29 is 109 Å². The van der Waals surface area contributed by atoms with Crippen molar-refractivity contribution in [3.63, 3.8) is 0 Å². The molecule has 0 bridgehead atoms. The van der Waals surface area contributed by atoms with Gasteiger partial charge in [0.1, 0.15) is 62.5 Å². The fraction of sp³-hybridized carbons (Fsp3) is 0.242. The van der Waals surface area contributed by atoms with Gasteiger partial charge in [-0.25, -0.2) is 33.6 Å². The zero-order chi connectivity index (χ0) is 78.8. The summed E-state index contributed by atoms with van der Waals surface area (Å²) in [6.45, 7) is -2.26. The molecule has 582 valence electrons. The maximum Gasteiger partial charge on any atom is 0.338 e. The fourth-order valence-electron chi connectivity index (χ4n) is 13.0. The average Bonchev–Trinajstić information content (AvgIpc) is 0.756. The quantitative estimate of drug-likeness (QED) is 0.0215. The normalized spacial score (nSPS) is 23.1. The van der Waals surface area contributed by atoms with Crippen molar-refractivity contribution in [2.24, 2.45) is 0 Å². The molecule has 0 saturated carbocycles. The highest BCUT2D eigenvalue weighted by Crippen LogP contribution is 2.40. The number of hydrogen-bond donors (Lipinski definition) is 0.